The first-order chi connectivity index (χ1) is 6.54. The molecule has 0 radical (unpaired) electrons. The van der Waals surface area contributed by atoms with Gasteiger partial charge in [0, 0.05) is 18.7 Å². The first-order valence-electron chi connectivity index (χ1n) is 4.87. The fraction of sp³-hybridized carbons (Fsp3) is 0.417. The van der Waals surface area contributed by atoms with Crippen LogP contribution >= 0.6 is 0 Å². The van der Waals surface area contributed by atoms with Crippen LogP contribution < -0.4 is 4.90 Å². The number of carbonyl (C=O) groups excluding carboxylic acids is 1. The fourth-order valence-electron chi connectivity index (χ4n) is 1.45. The number of hydrogen-bond acceptors (Lipinski definition) is 1. The van der Waals surface area contributed by atoms with Gasteiger partial charge >= 0.3 is 0 Å². The highest BCUT2D eigenvalue weighted by Crippen LogP contribution is 2.19. The second-order valence-corrected chi connectivity index (χ2v) is 3.84. The number of para-hydroxylation sites is 1. The van der Waals surface area contributed by atoms with E-state index >= 15 is 0 Å². The van der Waals surface area contributed by atoms with Crippen molar-refractivity contribution in [3.8, 4) is 0 Å². The Morgan fingerprint density at radius 3 is 2.36 bits per heavy atom. The lowest BCUT2D eigenvalue weighted by molar-refractivity contribution is -0.121. The lowest BCUT2D eigenvalue weighted by atomic mass is 10.1. The number of aryl methyl sites for hydroxylation is 1. The normalized spacial score (nSPS) is 10.4. The Labute approximate surface area is 85.5 Å². The molecule has 0 heterocycles. The molecule has 76 valence electrons. The molecule has 0 aliphatic rings. The van der Waals surface area contributed by atoms with E-state index in [9.17, 15) is 4.79 Å². The van der Waals surface area contributed by atoms with Crippen LogP contribution in [0.3, 0.4) is 0 Å². The molecule has 14 heavy (non-hydrogen) atoms. The van der Waals surface area contributed by atoms with Crippen LogP contribution in [0.25, 0.3) is 0 Å². The average molecular weight is 191 g/mol. The zero-order valence-electron chi connectivity index (χ0n) is 9.24. The van der Waals surface area contributed by atoms with Crippen molar-refractivity contribution in [2.75, 3.05) is 11.9 Å². The van der Waals surface area contributed by atoms with Gasteiger partial charge < -0.3 is 4.90 Å². The first-order valence-corrected chi connectivity index (χ1v) is 4.87. The van der Waals surface area contributed by atoms with Crippen molar-refractivity contribution in [1.82, 2.24) is 0 Å². The zero-order valence-corrected chi connectivity index (χ0v) is 9.24. The minimum Gasteiger partial charge on any atom is -0.315 e. The SMILES string of the molecule is Cc1ccccc1N(C)C(=O)C(C)C. The van der Waals surface area contributed by atoms with E-state index in [2.05, 4.69) is 0 Å². The molecule has 1 amide bonds. The Morgan fingerprint density at radius 1 is 1.29 bits per heavy atom. The third-order valence-corrected chi connectivity index (χ3v) is 2.30. The van der Waals surface area contributed by atoms with Gasteiger partial charge in [-0.25, -0.2) is 0 Å². The Kier molecular flexibility index (Phi) is 3.28. The highest BCUT2D eigenvalue weighted by molar-refractivity contribution is 5.94. The smallest absolute Gasteiger partial charge is 0.229 e. The van der Waals surface area contributed by atoms with Crippen LogP contribution in [0.1, 0.15) is 19.4 Å². The van der Waals surface area contributed by atoms with Crippen LogP contribution in [0.4, 0.5) is 5.69 Å². The third-order valence-electron chi connectivity index (χ3n) is 2.30. The predicted molar refractivity (Wildman–Crippen MR) is 59.4 cm³/mol. The summed E-state index contributed by atoms with van der Waals surface area (Å²) in [5, 5.41) is 0. The van der Waals surface area contributed by atoms with Gasteiger partial charge in [-0.2, -0.15) is 0 Å². The zero-order chi connectivity index (χ0) is 10.7. The molecule has 0 N–H and O–H groups in total. The van der Waals surface area contributed by atoms with Crippen LogP contribution in [0.5, 0.6) is 0 Å². The Bertz CT molecular complexity index is 331. The van der Waals surface area contributed by atoms with Crippen LogP contribution in [-0.2, 0) is 4.79 Å². The standard InChI is InChI=1S/C12H17NO/c1-9(2)12(14)13(4)11-8-6-5-7-10(11)3/h5-9H,1-4H3. The molecular formula is C12H17NO. The van der Waals surface area contributed by atoms with Crippen molar-refractivity contribution in [2.45, 2.75) is 20.8 Å². The van der Waals surface area contributed by atoms with E-state index in [1.165, 1.54) is 0 Å². The number of nitrogens with zero attached hydrogens (tertiary/aromatic N) is 1. The second kappa shape index (κ2) is 4.27. The van der Waals surface area contributed by atoms with Gasteiger partial charge in [0.1, 0.15) is 0 Å². The molecule has 2 nitrogen and oxygen atoms in total. The minimum atomic E-state index is 0.0413. The maximum atomic E-state index is 11.7. The molecule has 0 spiro atoms. The second-order valence-electron chi connectivity index (χ2n) is 3.84. The van der Waals surface area contributed by atoms with E-state index in [-0.39, 0.29) is 11.8 Å². The maximum absolute atomic E-state index is 11.7. The third kappa shape index (κ3) is 2.13. The van der Waals surface area contributed by atoms with Gasteiger partial charge in [0.25, 0.3) is 0 Å². The summed E-state index contributed by atoms with van der Waals surface area (Å²) >= 11 is 0. The topological polar surface area (TPSA) is 20.3 Å². The molecule has 1 aromatic rings. The lowest BCUT2D eigenvalue weighted by Gasteiger charge is -2.21. The number of amides is 1. The van der Waals surface area contributed by atoms with Gasteiger partial charge in [0.05, 0.1) is 0 Å². The molecule has 0 aliphatic carbocycles. The van der Waals surface area contributed by atoms with Gasteiger partial charge in [0.2, 0.25) is 5.91 Å². The van der Waals surface area contributed by atoms with Crippen LogP contribution in [-0.4, -0.2) is 13.0 Å². The van der Waals surface area contributed by atoms with Crippen molar-refractivity contribution in [3.05, 3.63) is 29.8 Å². The summed E-state index contributed by atoms with van der Waals surface area (Å²) in [7, 11) is 1.82. The van der Waals surface area contributed by atoms with E-state index in [1.807, 2.05) is 52.1 Å². The summed E-state index contributed by atoms with van der Waals surface area (Å²) in [6.07, 6.45) is 0. The highest BCUT2D eigenvalue weighted by atomic mass is 16.2. The van der Waals surface area contributed by atoms with Gasteiger partial charge in [-0.3, -0.25) is 4.79 Å². The number of hydrogen-bond donors (Lipinski definition) is 0. The van der Waals surface area contributed by atoms with Gasteiger partial charge in [0.15, 0.2) is 0 Å². The molecule has 0 atom stereocenters. The highest BCUT2D eigenvalue weighted by Gasteiger charge is 2.15. The van der Waals surface area contributed by atoms with E-state index in [0.717, 1.165) is 11.3 Å². The number of benzene rings is 1. The van der Waals surface area contributed by atoms with Gasteiger partial charge in [-0.15, -0.1) is 0 Å². The molecule has 0 saturated carbocycles. The van der Waals surface area contributed by atoms with Crippen LogP contribution in [0, 0.1) is 12.8 Å². The van der Waals surface area contributed by atoms with Crippen LogP contribution in [0.15, 0.2) is 24.3 Å². The lowest BCUT2D eigenvalue weighted by Crippen LogP contribution is -2.30. The van der Waals surface area contributed by atoms with Gasteiger partial charge in [-0.1, -0.05) is 32.0 Å². The minimum absolute atomic E-state index is 0.0413. The molecule has 0 aliphatic heterocycles. The maximum Gasteiger partial charge on any atom is 0.229 e. The molecule has 2 heteroatoms. The summed E-state index contributed by atoms with van der Waals surface area (Å²) in [4.78, 5) is 13.4. The van der Waals surface area contributed by atoms with Crippen molar-refractivity contribution >= 4 is 11.6 Å². The Morgan fingerprint density at radius 2 is 1.86 bits per heavy atom. The molecule has 1 aromatic carbocycles. The number of anilines is 1. The molecule has 0 bridgehead atoms. The Balaban J connectivity index is 2.95. The summed E-state index contributed by atoms with van der Waals surface area (Å²) in [6, 6.07) is 7.91. The summed E-state index contributed by atoms with van der Waals surface area (Å²) in [6.45, 7) is 5.84. The summed E-state index contributed by atoms with van der Waals surface area (Å²) in [5.74, 6) is 0.193. The number of carbonyl (C=O) groups is 1. The fourth-order valence-corrected chi connectivity index (χ4v) is 1.45. The quantitative estimate of drug-likeness (QED) is 0.703. The van der Waals surface area contributed by atoms with E-state index in [1.54, 1.807) is 4.90 Å². The van der Waals surface area contributed by atoms with Crippen molar-refractivity contribution in [1.29, 1.82) is 0 Å². The molecule has 0 fully saturated rings. The van der Waals surface area contributed by atoms with Crippen molar-refractivity contribution in [2.24, 2.45) is 5.92 Å². The van der Waals surface area contributed by atoms with E-state index in [4.69, 9.17) is 0 Å². The first kappa shape index (κ1) is 10.8. The van der Waals surface area contributed by atoms with E-state index in [0.29, 0.717) is 0 Å². The van der Waals surface area contributed by atoms with Crippen LogP contribution in [0.2, 0.25) is 0 Å². The molecular weight excluding hydrogens is 174 g/mol. The number of rotatable bonds is 2. The molecule has 1 rings (SSSR count). The van der Waals surface area contributed by atoms with E-state index < -0.39 is 0 Å². The molecule has 0 aromatic heterocycles. The predicted octanol–water partition coefficient (Wildman–Crippen LogP) is 2.61. The Hall–Kier alpha value is -1.31. The largest absolute Gasteiger partial charge is 0.315 e. The molecule has 0 saturated heterocycles. The average Bonchev–Trinajstić information content (AvgIpc) is 2.16. The summed E-state index contributed by atoms with van der Waals surface area (Å²) < 4.78 is 0. The molecule has 0 unspecified atom stereocenters. The summed E-state index contributed by atoms with van der Waals surface area (Å²) in [5.41, 5.74) is 2.12. The van der Waals surface area contributed by atoms with Gasteiger partial charge in [-0.05, 0) is 18.6 Å². The van der Waals surface area contributed by atoms with Crippen molar-refractivity contribution < 1.29 is 4.79 Å². The van der Waals surface area contributed by atoms with Crippen molar-refractivity contribution in [3.63, 3.8) is 0 Å². The monoisotopic (exact) mass is 191 g/mol.